The van der Waals surface area contributed by atoms with Crippen LogP contribution in [0, 0.1) is 6.92 Å². The molecular formula is C63H125O6P2+. The van der Waals surface area contributed by atoms with Crippen molar-refractivity contribution in [1.29, 1.82) is 0 Å². The van der Waals surface area contributed by atoms with Crippen LogP contribution in [0.25, 0.3) is 0 Å². The van der Waals surface area contributed by atoms with Crippen molar-refractivity contribution in [1.82, 2.24) is 0 Å². The summed E-state index contributed by atoms with van der Waals surface area (Å²) in [6, 6.07) is 5.77. The molecule has 0 aromatic heterocycles. The second-order valence-electron chi connectivity index (χ2n) is 22.6. The van der Waals surface area contributed by atoms with Crippen LogP contribution < -0.4 is 4.52 Å². The largest absolute Gasteiger partial charge is 0.427 e. The van der Waals surface area contributed by atoms with E-state index in [1.807, 2.05) is 25.1 Å². The van der Waals surface area contributed by atoms with Crippen LogP contribution in [-0.2, 0) is 19.0 Å². The molecule has 1 rings (SSSR count). The first-order valence-electron chi connectivity index (χ1n) is 31.3. The first-order chi connectivity index (χ1) is 34.5. The number of rotatable bonds is 53. The molecule has 0 bridgehead atoms. The smallest absolute Gasteiger partial charge is 0.411 e. The van der Waals surface area contributed by atoms with Crippen LogP contribution in [0.2, 0.25) is 0 Å². The van der Waals surface area contributed by atoms with E-state index in [1.54, 1.807) is 0 Å². The Kier molecular flexibility index (Phi) is 52.9. The van der Waals surface area contributed by atoms with Gasteiger partial charge in [0, 0.05) is 5.56 Å². The van der Waals surface area contributed by atoms with Crippen molar-refractivity contribution in [2.24, 2.45) is 0 Å². The first kappa shape index (κ1) is 70.7. The second-order valence-corrected chi connectivity index (χ2v) is 25.7. The quantitative estimate of drug-likeness (QED) is 0.0500. The molecule has 0 heterocycles. The van der Waals surface area contributed by atoms with Crippen molar-refractivity contribution in [2.75, 3.05) is 26.0 Å². The van der Waals surface area contributed by atoms with Gasteiger partial charge in [0.2, 0.25) is 0 Å². The third-order valence-corrected chi connectivity index (χ3v) is 17.2. The Bertz CT molecular complexity index is 1140. The van der Waals surface area contributed by atoms with Crippen LogP contribution in [0.3, 0.4) is 0 Å². The van der Waals surface area contributed by atoms with Gasteiger partial charge in [0.15, 0.2) is 0 Å². The Hall–Kier alpha value is -0.320. The van der Waals surface area contributed by atoms with Crippen LogP contribution in [0.1, 0.15) is 342 Å². The lowest BCUT2D eigenvalue weighted by Gasteiger charge is -2.23. The van der Waals surface area contributed by atoms with E-state index in [0.29, 0.717) is 5.75 Å². The molecule has 1 aromatic rings. The summed E-state index contributed by atoms with van der Waals surface area (Å²) in [5, 5.41) is 0. The van der Waals surface area contributed by atoms with E-state index >= 15 is 0 Å². The summed E-state index contributed by atoms with van der Waals surface area (Å²) < 4.78 is 25.6. The van der Waals surface area contributed by atoms with Gasteiger partial charge in [-0.2, -0.15) is 13.6 Å². The fraction of sp³-hybridized carbons (Fsp3) is 0.905. The highest BCUT2D eigenvalue weighted by atomic mass is 31.2. The third kappa shape index (κ3) is 47.8. The number of benzene rings is 1. The Balaban J connectivity index is 0.00000275. The lowest BCUT2D eigenvalue weighted by Crippen LogP contribution is -2.14. The molecule has 0 saturated heterocycles. The van der Waals surface area contributed by atoms with Crippen molar-refractivity contribution in [3.05, 3.63) is 29.3 Å². The van der Waals surface area contributed by atoms with E-state index in [2.05, 4.69) is 48.5 Å². The zero-order valence-electron chi connectivity index (χ0n) is 49.1. The lowest BCUT2D eigenvalue weighted by molar-refractivity contribution is 0.130. The predicted octanol–water partition coefficient (Wildman–Crippen LogP) is 22.9. The first-order valence-corrected chi connectivity index (χ1v) is 34.2. The molecule has 0 aliphatic carbocycles. The highest BCUT2D eigenvalue weighted by Crippen LogP contribution is 2.63. The Morgan fingerprint density at radius 3 is 0.887 bits per heavy atom. The fourth-order valence-corrected chi connectivity index (χ4v) is 12.4. The molecule has 0 radical (unpaired) electrons. The standard InChI is InChI=1S/C52H108O3P.C11H17O3P/c1-5-9-13-17-21-25-29-33-37-41-45-49-53-56(52-48-44-40-36-32-28-24-20-16-12-8-4,54-50-46-42-38-34-30-26-22-18-14-10-6-2)55-51-47-43-39-35-31-27-23-19-15-11-7-3;1-8-5-6-9(11(2,3)4)10(7-8)14-15(12)13/h5-52H2,1-4H3;5-7,12-13H,1-4H3/q+1;. The second kappa shape index (κ2) is 53.1. The molecule has 0 atom stereocenters. The predicted molar refractivity (Wildman–Crippen MR) is 317 cm³/mol. The summed E-state index contributed by atoms with van der Waals surface area (Å²) in [6.45, 7) is 19.8. The minimum atomic E-state index is -2.35. The molecular weight excluding hydrogens is 915 g/mol. The highest BCUT2D eigenvalue weighted by molar-refractivity contribution is 7.61. The van der Waals surface area contributed by atoms with Crippen molar-refractivity contribution >= 4 is 16.5 Å². The number of aryl methyl sites for hydroxylation is 1. The van der Waals surface area contributed by atoms with E-state index in [4.69, 9.17) is 27.9 Å². The van der Waals surface area contributed by atoms with Crippen LogP contribution >= 0.6 is 16.5 Å². The highest BCUT2D eigenvalue weighted by Gasteiger charge is 2.44. The van der Waals surface area contributed by atoms with Gasteiger partial charge in [-0.25, -0.2) is 0 Å². The van der Waals surface area contributed by atoms with Crippen LogP contribution in [0.5, 0.6) is 5.75 Å². The topological polar surface area (TPSA) is 77.4 Å². The van der Waals surface area contributed by atoms with E-state index in [-0.39, 0.29) is 5.41 Å². The summed E-state index contributed by atoms with van der Waals surface area (Å²) in [5.74, 6) is 0.554. The number of hydrogen-bond donors (Lipinski definition) is 2. The van der Waals surface area contributed by atoms with E-state index in [9.17, 15) is 0 Å². The summed E-state index contributed by atoms with van der Waals surface area (Å²) >= 11 is 0. The van der Waals surface area contributed by atoms with E-state index in [1.165, 1.54) is 263 Å². The van der Waals surface area contributed by atoms with Crippen molar-refractivity contribution < 1.29 is 27.9 Å². The van der Waals surface area contributed by atoms with E-state index in [0.717, 1.165) is 56.4 Å². The maximum absolute atomic E-state index is 8.89. The molecule has 0 aliphatic rings. The van der Waals surface area contributed by atoms with Gasteiger partial charge in [-0.05, 0) is 56.1 Å². The van der Waals surface area contributed by atoms with Crippen LogP contribution in [0.15, 0.2) is 18.2 Å². The van der Waals surface area contributed by atoms with Gasteiger partial charge in [0.05, 0.1) is 19.8 Å². The summed E-state index contributed by atoms with van der Waals surface area (Å²) in [4.78, 5) is 17.8. The molecule has 0 fully saturated rings. The van der Waals surface area contributed by atoms with Gasteiger partial charge in [0.25, 0.3) is 0 Å². The third-order valence-electron chi connectivity index (χ3n) is 14.3. The van der Waals surface area contributed by atoms with Crippen molar-refractivity contribution in [3.8, 4) is 5.75 Å². The fourth-order valence-electron chi connectivity index (χ4n) is 9.60. The summed E-state index contributed by atoms with van der Waals surface area (Å²) in [6.07, 6.45) is 61.3. The Morgan fingerprint density at radius 2 is 0.634 bits per heavy atom. The van der Waals surface area contributed by atoms with Gasteiger partial charge in [-0.1, -0.05) is 311 Å². The average molecular weight is 1040 g/mol. The molecule has 71 heavy (non-hydrogen) atoms. The van der Waals surface area contributed by atoms with Crippen LogP contribution in [-0.4, -0.2) is 35.8 Å². The number of unbranched alkanes of at least 4 members (excludes halogenated alkanes) is 40. The summed E-state index contributed by atoms with van der Waals surface area (Å²) in [7, 11) is -4.67. The lowest BCUT2D eigenvalue weighted by atomic mass is 9.86. The SMILES string of the molecule is CCCCCCCCCCCCCO[P+](CCCCCCCCCCCCC)(OCCCCCCCCCCCCC)OCCCCCCCCCCCCC.Cc1ccc(C(C)(C)C)c(OP(O)O)c1. The zero-order valence-corrected chi connectivity index (χ0v) is 50.9. The normalized spacial score (nSPS) is 12.0. The maximum Gasteiger partial charge on any atom is 0.411 e. The molecule has 0 saturated carbocycles. The molecule has 6 nitrogen and oxygen atoms in total. The number of hydrogen-bond acceptors (Lipinski definition) is 6. The minimum Gasteiger partial charge on any atom is -0.427 e. The molecule has 0 aliphatic heterocycles. The zero-order chi connectivity index (χ0) is 52.2. The molecule has 0 spiro atoms. The van der Waals surface area contributed by atoms with Gasteiger partial charge >= 0.3 is 16.5 Å². The molecule has 0 amide bonds. The molecule has 2 N–H and O–H groups in total. The average Bonchev–Trinajstić information content (AvgIpc) is 3.34. The summed E-state index contributed by atoms with van der Waals surface area (Å²) in [5.41, 5.74) is 1.94. The Labute approximate surface area is 446 Å². The Morgan fingerprint density at radius 1 is 0.380 bits per heavy atom. The van der Waals surface area contributed by atoms with Gasteiger partial charge in [-0.3, -0.25) is 0 Å². The van der Waals surface area contributed by atoms with Gasteiger partial charge in [0.1, 0.15) is 11.9 Å². The molecule has 0 unspecified atom stereocenters. The van der Waals surface area contributed by atoms with Crippen LogP contribution in [0.4, 0.5) is 0 Å². The molecule has 1 aromatic carbocycles. The molecule has 8 heteroatoms. The van der Waals surface area contributed by atoms with Crippen molar-refractivity contribution in [3.63, 3.8) is 0 Å². The van der Waals surface area contributed by atoms with E-state index < -0.39 is 16.5 Å². The monoisotopic (exact) mass is 1040 g/mol. The van der Waals surface area contributed by atoms with Crippen molar-refractivity contribution in [2.45, 2.75) is 343 Å². The molecule has 422 valence electrons. The maximum atomic E-state index is 8.89. The van der Waals surface area contributed by atoms with Gasteiger partial charge < -0.3 is 14.3 Å². The minimum absolute atomic E-state index is 0.0750. The van der Waals surface area contributed by atoms with Gasteiger partial charge in [-0.15, -0.1) is 0 Å².